The lowest BCUT2D eigenvalue weighted by Gasteiger charge is -2.59. The van der Waals surface area contributed by atoms with Gasteiger partial charge in [0.15, 0.2) is 0 Å². The van der Waals surface area contributed by atoms with Crippen molar-refractivity contribution in [3.63, 3.8) is 0 Å². The number of carboxylic acids is 1. The Kier molecular flexibility index (Phi) is 5.04. The minimum Gasteiger partial charge on any atom is -0.481 e. The molecule has 0 aromatic carbocycles. The highest BCUT2D eigenvalue weighted by atomic mass is 16.4. The lowest BCUT2D eigenvalue weighted by molar-refractivity contribution is -0.150. The fourth-order valence-electron chi connectivity index (χ4n) is 7.44. The average Bonchev–Trinajstić information content (AvgIpc) is 2.60. The van der Waals surface area contributed by atoms with E-state index in [2.05, 4.69) is 12.2 Å². The van der Waals surface area contributed by atoms with Gasteiger partial charge in [-0.05, 0) is 81.0 Å². The quantitative estimate of drug-likeness (QED) is 0.738. The van der Waals surface area contributed by atoms with Crippen LogP contribution in [0.1, 0.15) is 84.0 Å². The van der Waals surface area contributed by atoms with E-state index >= 15 is 0 Å². The Bertz CT molecular complexity index is 522. The van der Waals surface area contributed by atoms with Gasteiger partial charge in [0, 0.05) is 6.04 Å². The smallest absolute Gasteiger partial charge is 0.307 e. The number of hydrogen-bond donors (Lipinski definition) is 2. The summed E-state index contributed by atoms with van der Waals surface area (Å²) >= 11 is 0. The fraction of sp³-hybridized carbons (Fsp3) is 0.909. The summed E-state index contributed by atoms with van der Waals surface area (Å²) < 4.78 is 0. The highest BCUT2D eigenvalue weighted by molar-refractivity contribution is 5.85. The first kappa shape index (κ1) is 18.3. The molecule has 5 fully saturated rings. The van der Waals surface area contributed by atoms with Crippen LogP contribution in [0, 0.1) is 35.0 Å². The summed E-state index contributed by atoms with van der Waals surface area (Å²) in [6.07, 6.45) is 13.5. The molecule has 0 radical (unpaired) electrons. The molecule has 4 nitrogen and oxygen atoms in total. The Labute approximate surface area is 157 Å². The van der Waals surface area contributed by atoms with Gasteiger partial charge in [0.2, 0.25) is 5.91 Å². The molecule has 5 saturated carbocycles. The Morgan fingerprint density at radius 3 is 2.04 bits per heavy atom. The second-order valence-electron chi connectivity index (χ2n) is 9.97. The molecule has 0 aromatic rings. The molecule has 0 heterocycles. The highest BCUT2D eigenvalue weighted by Gasteiger charge is 2.54. The van der Waals surface area contributed by atoms with Crippen molar-refractivity contribution in [2.45, 2.75) is 90.0 Å². The summed E-state index contributed by atoms with van der Waals surface area (Å²) in [7, 11) is 0. The van der Waals surface area contributed by atoms with Crippen molar-refractivity contribution in [1.82, 2.24) is 5.32 Å². The standard InChI is InChI=1S/C22H35NO3/c1-2-5-19(22-11-14-8-15(12-22)10-16(9-14)13-22)23-20(24)17-6-3-4-7-18(17)21(25)26/h14-19H,2-13H2,1H3,(H,23,24)(H,25,26). The van der Waals surface area contributed by atoms with Crippen LogP contribution in [0.15, 0.2) is 0 Å². The van der Waals surface area contributed by atoms with E-state index in [1.807, 2.05) is 0 Å². The first-order valence-corrected chi connectivity index (χ1v) is 11.0. The van der Waals surface area contributed by atoms with E-state index < -0.39 is 11.9 Å². The van der Waals surface area contributed by atoms with Crippen LogP contribution in [0.4, 0.5) is 0 Å². The number of amides is 1. The van der Waals surface area contributed by atoms with Crippen molar-refractivity contribution < 1.29 is 14.7 Å². The summed E-state index contributed by atoms with van der Waals surface area (Å²) in [6.45, 7) is 2.21. The third-order valence-corrected chi connectivity index (χ3v) is 8.14. The van der Waals surface area contributed by atoms with E-state index in [-0.39, 0.29) is 17.9 Å². The molecule has 5 aliphatic rings. The summed E-state index contributed by atoms with van der Waals surface area (Å²) in [5.41, 5.74) is 0.299. The van der Waals surface area contributed by atoms with Crippen LogP contribution in [0.5, 0.6) is 0 Å². The molecule has 146 valence electrons. The average molecular weight is 362 g/mol. The maximum absolute atomic E-state index is 13.1. The molecule has 5 rings (SSSR count). The van der Waals surface area contributed by atoms with E-state index in [4.69, 9.17) is 0 Å². The summed E-state index contributed by atoms with van der Waals surface area (Å²) in [6, 6.07) is 0.254. The highest BCUT2D eigenvalue weighted by Crippen LogP contribution is 2.61. The Hall–Kier alpha value is -1.06. The van der Waals surface area contributed by atoms with Crippen molar-refractivity contribution in [1.29, 1.82) is 0 Å². The zero-order chi connectivity index (χ0) is 18.3. The molecule has 0 aromatic heterocycles. The third-order valence-electron chi connectivity index (χ3n) is 8.14. The van der Waals surface area contributed by atoms with Gasteiger partial charge in [0.25, 0.3) is 0 Å². The molecule has 1 amide bonds. The number of rotatable bonds is 6. The van der Waals surface area contributed by atoms with E-state index in [9.17, 15) is 14.7 Å². The van der Waals surface area contributed by atoms with Crippen LogP contribution >= 0.6 is 0 Å². The van der Waals surface area contributed by atoms with Gasteiger partial charge in [-0.3, -0.25) is 9.59 Å². The second-order valence-corrected chi connectivity index (χ2v) is 9.97. The molecule has 3 unspecified atom stereocenters. The minimum atomic E-state index is -0.785. The number of carboxylic acid groups (broad SMARTS) is 1. The number of aliphatic carboxylic acids is 1. The first-order chi connectivity index (χ1) is 12.5. The SMILES string of the molecule is CCCC(NC(=O)C1CCCCC1C(=O)O)C12CC3CC(CC(C3)C1)C2. The van der Waals surface area contributed by atoms with E-state index in [0.29, 0.717) is 11.8 Å². The van der Waals surface area contributed by atoms with Crippen LogP contribution in [0.3, 0.4) is 0 Å². The van der Waals surface area contributed by atoms with E-state index in [0.717, 1.165) is 49.9 Å². The molecule has 2 N–H and O–H groups in total. The van der Waals surface area contributed by atoms with Crippen molar-refractivity contribution >= 4 is 11.9 Å². The van der Waals surface area contributed by atoms with E-state index in [1.54, 1.807) is 0 Å². The van der Waals surface area contributed by atoms with Gasteiger partial charge in [-0.15, -0.1) is 0 Å². The Morgan fingerprint density at radius 1 is 1.00 bits per heavy atom. The second kappa shape index (κ2) is 7.16. The fourth-order valence-corrected chi connectivity index (χ4v) is 7.44. The van der Waals surface area contributed by atoms with Gasteiger partial charge in [0.05, 0.1) is 11.8 Å². The minimum absolute atomic E-state index is 0.0336. The first-order valence-electron chi connectivity index (χ1n) is 11.0. The molecule has 4 bridgehead atoms. The molecule has 3 atom stereocenters. The van der Waals surface area contributed by atoms with Crippen LogP contribution in [0.25, 0.3) is 0 Å². The van der Waals surface area contributed by atoms with Crippen LogP contribution in [0.2, 0.25) is 0 Å². The van der Waals surface area contributed by atoms with Gasteiger partial charge in [-0.2, -0.15) is 0 Å². The molecule has 4 heteroatoms. The monoisotopic (exact) mass is 361 g/mol. The summed E-state index contributed by atoms with van der Waals surface area (Å²) in [4.78, 5) is 24.7. The topological polar surface area (TPSA) is 66.4 Å². The largest absolute Gasteiger partial charge is 0.481 e. The Balaban J connectivity index is 1.50. The number of carbonyl (C=O) groups is 2. The lowest BCUT2D eigenvalue weighted by atomic mass is 9.47. The Morgan fingerprint density at radius 2 is 1.54 bits per heavy atom. The lowest BCUT2D eigenvalue weighted by Crippen LogP contribution is -2.58. The number of carbonyl (C=O) groups excluding carboxylic acids is 1. The molecular weight excluding hydrogens is 326 g/mol. The zero-order valence-corrected chi connectivity index (χ0v) is 16.2. The third kappa shape index (κ3) is 3.29. The molecule has 26 heavy (non-hydrogen) atoms. The van der Waals surface area contributed by atoms with Gasteiger partial charge in [-0.1, -0.05) is 26.2 Å². The molecule has 0 aliphatic heterocycles. The van der Waals surface area contributed by atoms with Gasteiger partial charge >= 0.3 is 5.97 Å². The van der Waals surface area contributed by atoms with Crippen molar-refractivity contribution in [3.05, 3.63) is 0 Å². The maximum Gasteiger partial charge on any atom is 0.307 e. The molecular formula is C22H35NO3. The van der Waals surface area contributed by atoms with Crippen LogP contribution in [-0.2, 0) is 9.59 Å². The van der Waals surface area contributed by atoms with Crippen LogP contribution in [-0.4, -0.2) is 23.0 Å². The van der Waals surface area contributed by atoms with Gasteiger partial charge in [0.1, 0.15) is 0 Å². The summed E-state index contributed by atoms with van der Waals surface area (Å²) in [5, 5.41) is 13.0. The summed E-state index contributed by atoms with van der Waals surface area (Å²) in [5.74, 6) is 1.06. The molecule has 0 saturated heterocycles. The maximum atomic E-state index is 13.1. The van der Waals surface area contributed by atoms with E-state index in [1.165, 1.54) is 38.5 Å². The predicted octanol–water partition coefficient (Wildman–Crippen LogP) is 4.38. The van der Waals surface area contributed by atoms with Crippen LogP contribution < -0.4 is 5.32 Å². The predicted molar refractivity (Wildman–Crippen MR) is 101 cm³/mol. The van der Waals surface area contributed by atoms with Gasteiger partial charge in [-0.25, -0.2) is 0 Å². The molecule has 0 spiro atoms. The zero-order valence-electron chi connectivity index (χ0n) is 16.2. The number of hydrogen-bond acceptors (Lipinski definition) is 2. The van der Waals surface area contributed by atoms with Crippen molar-refractivity contribution in [2.24, 2.45) is 35.0 Å². The molecule has 5 aliphatic carbocycles. The normalized spacial score (nSPS) is 42.4. The number of nitrogens with one attached hydrogen (secondary N) is 1. The van der Waals surface area contributed by atoms with Crippen molar-refractivity contribution in [3.8, 4) is 0 Å². The van der Waals surface area contributed by atoms with Crippen molar-refractivity contribution in [2.75, 3.05) is 0 Å². The van der Waals surface area contributed by atoms with Gasteiger partial charge < -0.3 is 10.4 Å².